The van der Waals surface area contributed by atoms with E-state index in [2.05, 4.69) is 37.1 Å². The number of pyridine rings is 1. The standard InChI is InChI=1S/C32H39N7O3/c1-22-17-25(10-12-28(22)42-26-11-9-23(2)33-18-26)36-32-31-27(34-21-35-32)7-6-8-29(31)41-24(3)19-38(5)30(40)20-39-15-13-37(4)14-16-39/h6-12,17-18,21,24H,13-16,19-20H2,1-5H3,(H,34,35,36). The van der Waals surface area contributed by atoms with Crippen LogP contribution in [-0.2, 0) is 4.79 Å². The molecule has 0 saturated carbocycles. The average Bonchev–Trinajstić information content (AvgIpc) is 2.97. The lowest BCUT2D eigenvalue weighted by molar-refractivity contribution is -0.132. The quantitative estimate of drug-likeness (QED) is 0.293. The number of nitrogens with zero attached hydrogens (tertiary/aromatic N) is 6. The van der Waals surface area contributed by atoms with Crippen LogP contribution in [0, 0.1) is 13.8 Å². The number of anilines is 2. The first-order valence-electron chi connectivity index (χ1n) is 14.3. The summed E-state index contributed by atoms with van der Waals surface area (Å²) in [5, 5.41) is 4.21. The van der Waals surface area contributed by atoms with Crippen LogP contribution in [-0.4, -0.2) is 95.0 Å². The summed E-state index contributed by atoms with van der Waals surface area (Å²) in [5.74, 6) is 2.83. The Hall–Kier alpha value is -4.28. The Bertz CT molecular complexity index is 1520. The number of carbonyl (C=O) groups is 1. The Balaban J connectivity index is 1.27. The zero-order valence-electron chi connectivity index (χ0n) is 25.0. The first-order chi connectivity index (χ1) is 20.2. The summed E-state index contributed by atoms with van der Waals surface area (Å²) in [5.41, 5.74) is 3.53. The number of carbonyl (C=O) groups excluding carboxylic acids is 1. The number of piperazine rings is 1. The van der Waals surface area contributed by atoms with Gasteiger partial charge >= 0.3 is 0 Å². The van der Waals surface area contributed by atoms with Gasteiger partial charge in [-0.25, -0.2) is 9.97 Å². The third kappa shape index (κ3) is 7.32. The van der Waals surface area contributed by atoms with Crippen molar-refractivity contribution in [3.05, 3.63) is 72.3 Å². The highest BCUT2D eigenvalue weighted by Crippen LogP contribution is 2.34. The Morgan fingerprint density at radius 3 is 2.57 bits per heavy atom. The number of aryl methyl sites for hydroxylation is 2. The molecule has 5 rings (SSSR count). The van der Waals surface area contributed by atoms with Crippen molar-refractivity contribution in [2.24, 2.45) is 0 Å². The molecule has 3 heterocycles. The largest absolute Gasteiger partial charge is 0.488 e. The molecule has 10 nitrogen and oxygen atoms in total. The van der Waals surface area contributed by atoms with E-state index in [1.54, 1.807) is 11.1 Å². The molecule has 0 aliphatic carbocycles. The molecule has 0 spiro atoms. The molecule has 10 heteroatoms. The summed E-state index contributed by atoms with van der Waals surface area (Å²) in [6.45, 7) is 10.6. The molecule has 1 amide bonds. The van der Waals surface area contributed by atoms with E-state index in [9.17, 15) is 4.79 Å². The molecule has 4 aromatic rings. The number of hydrogen-bond acceptors (Lipinski definition) is 9. The summed E-state index contributed by atoms with van der Waals surface area (Å²) < 4.78 is 12.4. The fourth-order valence-electron chi connectivity index (χ4n) is 4.95. The van der Waals surface area contributed by atoms with Gasteiger partial charge in [-0.1, -0.05) is 6.07 Å². The maximum Gasteiger partial charge on any atom is 0.236 e. The van der Waals surface area contributed by atoms with Crippen LogP contribution in [0.5, 0.6) is 17.2 Å². The molecule has 220 valence electrons. The van der Waals surface area contributed by atoms with Crippen molar-refractivity contribution >= 4 is 28.3 Å². The van der Waals surface area contributed by atoms with Gasteiger partial charge in [0.2, 0.25) is 5.91 Å². The van der Waals surface area contributed by atoms with Crippen LogP contribution in [0.3, 0.4) is 0 Å². The summed E-state index contributed by atoms with van der Waals surface area (Å²) in [7, 11) is 3.95. The van der Waals surface area contributed by atoms with E-state index in [4.69, 9.17) is 9.47 Å². The first kappa shape index (κ1) is 29.2. The van der Waals surface area contributed by atoms with Gasteiger partial charge in [-0.15, -0.1) is 0 Å². The third-order valence-corrected chi connectivity index (χ3v) is 7.41. The van der Waals surface area contributed by atoms with Gasteiger partial charge in [0.15, 0.2) is 0 Å². The summed E-state index contributed by atoms with van der Waals surface area (Å²) in [6, 6.07) is 15.5. The number of benzene rings is 2. The van der Waals surface area contributed by atoms with Crippen molar-refractivity contribution in [1.29, 1.82) is 0 Å². The number of amides is 1. The van der Waals surface area contributed by atoms with Crippen molar-refractivity contribution in [2.75, 3.05) is 58.7 Å². The lowest BCUT2D eigenvalue weighted by atomic mass is 10.1. The lowest BCUT2D eigenvalue weighted by Crippen LogP contribution is -2.49. The Morgan fingerprint density at radius 2 is 1.83 bits per heavy atom. The van der Waals surface area contributed by atoms with E-state index < -0.39 is 0 Å². The molecule has 2 aromatic carbocycles. The van der Waals surface area contributed by atoms with E-state index in [0.29, 0.717) is 30.4 Å². The predicted octanol–water partition coefficient (Wildman–Crippen LogP) is 4.65. The van der Waals surface area contributed by atoms with Gasteiger partial charge in [0, 0.05) is 44.6 Å². The molecule has 1 N–H and O–H groups in total. The van der Waals surface area contributed by atoms with Gasteiger partial charge in [-0.05, 0) is 75.8 Å². The number of rotatable bonds is 10. The Labute approximate surface area is 247 Å². The smallest absolute Gasteiger partial charge is 0.236 e. The highest BCUT2D eigenvalue weighted by Gasteiger charge is 2.21. The van der Waals surface area contributed by atoms with Gasteiger partial charge in [-0.3, -0.25) is 14.7 Å². The second-order valence-corrected chi connectivity index (χ2v) is 11.0. The van der Waals surface area contributed by atoms with Crippen molar-refractivity contribution in [3.8, 4) is 17.2 Å². The molecule has 1 aliphatic heterocycles. The number of hydrogen-bond donors (Lipinski definition) is 1. The highest BCUT2D eigenvalue weighted by molar-refractivity contribution is 5.95. The highest BCUT2D eigenvalue weighted by atomic mass is 16.5. The number of aromatic nitrogens is 3. The topological polar surface area (TPSA) is 95.9 Å². The monoisotopic (exact) mass is 569 g/mol. The van der Waals surface area contributed by atoms with Crippen LogP contribution in [0.2, 0.25) is 0 Å². The number of likely N-dealkylation sites (N-methyl/N-ethyl adjacent to an activating group) is 2. The van der Waals surface area contributed by atoms with E-state index >= 15 is 0 Å². The molecular weight excluding hydrogens is 530 g/mol. The van der Waals surface area contributed by atoms with E-state index in [-0.39, 0.29) is 12.0 Å². The average molecular weight is 570 g/mol. The fourth-order valence-corrected chi connectivity index (χ4v) is 4.95. The van der Waals surface area contributed by atoms with Gasteiger partial charge < -0.3 is 24.6 Å². The number of fused-ring (bicyclic) bond motifs is 1. The van der Waals surface area contributed by atoms with Crippen LogP contribution in [0.4, 0.5) is 11.5 Å². The van der Waals surface area contributed by atoms with Crippen LogP contribution in [0.25, 0.3) is 10.9 Å². The molecule has 1 atom stereocenters. The van der Waals surface area contributed by atoms with Gasteiger partial charge in [-0.2, -0.15) is 0 Å². The van der Waals surface area contributed by atoms with Gasteiger partial charge in [0.25, 0.3) is 0 Å². The lowest BCUT2D eigenvalue weighted by Gasteiger charge is -2.33. The zero-order chi connectivity index (χ0) is 29.6. The maximum absolute atomic E-state index is 12.9. The van der Waals surface area contributed by atoms with Crippen molar-refractivity contribution < 1.29 is 14.3 Å². The Morgan fingerprint density at radius 1 is 1.02 bits per heavy atom. The minimum Gasteiger partial charge on any atom is -0.488 e. The second-order valence-electron chi connectivity index (χ2n) is 11.0. The molecule has 42 heavy (non-hydrogen) atoms. The molecule has 0 bridgehead atoms. The normalized spacial score (nSPS) is 14.9. The summed E-state index contributed by atoms with van der Waals surface area (Å²) in [4.78, 5) is 32.4. The first-order valence-corrected chi connectivity index (χ1v) is 14.3. The number of ether oxygens (including phenoxy) is 2. The summed E-state index contributed by atoms with van der Waals surface area (Å²) in [6.07, 6.45) is 3.02. The molecule has 1 fully saturated rings. The second kappa shape index (κ2) is 13.1. The van der Waals surface area contributed by atoms with Crippen LogP contribution in [0.1, 0.15) is 18.2 Å². The minimum absolute atomic E-state index is 0.0973. The zero-order valence-corrected chi connectivity index (χ0v) is 25.0. The van der Waals surface area contributed by atoms with E-state index in [0.717, 1.165) is 59.8 Å². The van der Waals surface area contributed by atoms with Gasteiger partial charge in [0.1, 0.15) is 35.5 Å². The SMILES string of the molecule is Cc1ccc(Oc2ccc(Nc3ncnc4cccc(OC(C)CN(C)C(=O)CN5CCN(C)CC5)c34)cc2C)cn1. The molecular formula is C32H39N7O3. The Kier molecular flexibility index (Phi) is 9.14. The molecule has 1 aliphatic rings. The minimum atomic E-state index is -0.236. The van der Waals surface area contributed by atoms with Crippen LogP contribution in [0.15, 0.2) is 61.1 Å². The van der Waals surface area contributed by atoms with Crippen molar-refractivity contribution in [2.45, 2.75) is 26.9 Å². The van der Waals surface area contributed by atoms with Crippen molar-refractivity contribution in [3.63, 3.8) is 0 Å². The maximum atomic E-state index is 12.9. The molecule has 2 aromatic heterocycles. The molecule has 1 saturated heterocycles. The fraction of sp³-hybridized carbons (Fsp3) is 0.375. The molecule has 1 unspecified atom stereocenters. The van der Waals surface area contributed by atoms with Crippen LogP contribution < -0.4 is 14.8 Å². The van der Waals surface area contributed by atoms with Gasteiger partial charge in [0.05, 0.1) is 30.2 Å². The molecule has 0 radical (unpaired) electrons. The van der Waals surface area contributed by atoms with E-state index in [1.165, 1.54) is 6.33 Å². The predicted molar refractivity (Wildman–Crippen MR) is 165 cm³/mol. The van der Waals surface area contributed by atoms with E-state index in [1.807, 2.05) is 76.3 Å². The summed E-state index contributed by atoms with van der Waals surface area (Å²) >= 11 is 0. The number of nitrogens with one attached hydrogen (secondary N) is 1. The third-order valence-electron chi connectivity index (χ3n) is 7.41. The van der Waals surface area contributed by atoms with Crippen molar-refractivity contribution in [1.82, 2.24) is 29.7 Å². The van der Waals surface area contributed by atoms with Crippen LogP contribution >= 0.6 is 0 Å².